The average molecular weight is 306 g/mol. The second-order valence-electron chi connectivity index (χ2n) is 6.43. The Balaban J connectivity index is 2.19. The lowest BCUT2D eigenvalue weighted by molar-refractivity contribution is 0.558. The second kappa shape index (κ2) is 6.24. The Labute approximate surface area is 130 Å². The topological polar surface area (TPSA) is 24.9 Å². The van der Waals surface area contributed by atoms with Crippen LogP contribution < -0.4 is 5.32 Å². The van der Waals surface area contributed by atoms with Crippen LogP contribution in [0.1, 0.15) is 48.6 Å². The lowest BCUT2D eigenvalue weighted by Crippen LogP contribution is -2.19. The number of nitrogens with one attached hydrogen (secondary N) is 1. The van der Waals surface area contributed by atoms with Crippen molar-refractivity contribution in [3.63, 3.8) is 0 Å². The number of nitrogens with zero attached hydrogens (tertiary/aromatic N) is 1. The predicted octanol–water partition coefficient (Wildman–Crippen LogP) is 4.39. The number of benzene rings is 1. The van der Waals surface area contributed by atoms with Gasteiger partial charge in [-0.05, 0) is 31.2 Å². The molecule has 0 aliphatic rings. The highest BCUT2D eigenvalue weighted by Gasteiger charge is 2.19. The zero-order valence-electron chi connectivity index (χ0n) is 13.3. The Bertz CT molecular complexity index is 613. The van der Waals surface area contributed by atoms with Gasteiger partial charge in [0.2, 0.25) is 0 Å². The average Bonchev–Trinajstić information content (AvgIpc) is 2.88. The van der Waals surface area contributed by atoms with E-state index in [1.807, 2.05) is 19.2 Å². The zero-order chi connectivity index (χ0) is 15.6. The van der Waals surface area contributed by atoms with Gasteiger partial charge in [0.15, 0.2) is 0 Å². The highest BCUT2D eigenvalue weighted by Crippen LogP contribution is 2.27. The molecule has 0 aliphatic carbocycles. The lowest BCUT2D eigenvalue weighted by atomic mass is 9.93. The fraction of sp³-hybridized carbons (Fsp3) is 0.471. The molecule has 1 heterocycles. The Morgan fingerprint density at radius 2 is 2.05 bits per heavy atom. The summed E-state index contributed by atoms with van der Waals surface area (Å²) < 4.78 is 13.4. The van der Waals surface area contributed by atoms with Crippen LogP contribution in [0.4, 0.5) is 4.39 Å². The molecule has 2 nitrogen and oxygen atoms in total. The quantitative estimate of drug-likeness (QED) is 0.906. The Kier molecular flexibility index (Phi) is 4.79. The largest absolute Gasteiger partial charge is 0.313 e. The van der Waals surface area contributed by atoms with Crippen LogP contribution in [0.25, 0.3) is 0 Å². The van der Waals surface area contributed by atoms with Crippen LogP contribution in [-0.4, -0.2) is 12.0 Å². The minimum Gasteiger partial charge on any atom is -0.313 e. The van der Waals surface area contributed by atoms with Crippen molar-refractivity contribution in [2.75, 3.05) is 7.05 Å². The van der Waals surface area contributed by atoms with Crippen LogP contribution in [0.2, 0.25) is 0 Å². The molecular weight excluding hydrogens is 283 g/mol. The zero-order valence-corrected chi connectivity index (χ0v) is 14.1. The molecular formula is C17H23FN2S. The molecule has 0 spiro atoms. The third-order valence-electron chi connectivity index (χ3n) is 3.63. The molecule has 0 saturated heterocycles. The number of hydrogen-bond acceptors (Lipinski definition) is 3. The molecule has 0 fully saturated rings. The summed E-state index contributed by atoms with van der Waals surface area (Å²) in [6, 6.07) is 5.46. The molecule has 2 aromatic rings. The maximum absolute atomic E-state index is 13.4. The van der Waals surface area contributed by atoms with E-state index in [0.29, 0.717) is 5.56 Å². The summed E-state index contributed by atoms with van der Waals surface area (Å²) in [6.07, 6.45) is 0.822. The number of aryl methyl sites for hydroxylation is 1. The summed E-state index contributed by atoms with van der Waals surface area (Å²) in [5, 5.41) is 6.55. The molecule has 0 radical (unpaired) electrons. The van der Waals surface area contributed by atoms with Crippen molar-refractivity contribution in [3.8, 4) is 0 Å². The molecule has 1 aromatic carbocycles. The van der Waals surface area contributed by atoms with E-state index in [0.717, 1.165) is 22.7 Å². The first-order valence-electron chi connectivity index (χ1n) is 7.19. The molecule has 114 valence electrons. The molecule has 1 N–H and O–H groups in total. The van der Waals surface area contributed by atoms with Crippen LogP contribution in [0.15, 0.2) is 23.6 Å². The maximum Gasteiger partial charge on any atom is 0.126 e. The number of aromatic nitrogens is 1. The van der Waals surface area contributed by atoms with E-state index >= 15 is 0 Å². The van der Waals surface area contributed by atoms with Gasteiger partial charge in [-0.25, -0.2) is 9.37 Å². The molecule has 1 aromatic heterocycles. The molecule has 0 amide bonds. The van der Waals surface area contributed by atoms with Crippen molar-refractivity contribution in [2.24, 2.45) is 0 Å². The van der Waals surface area contributed by atoms with Gasteiger partial charge in [0.05, 0.1) is 10.7 Å². The number of rotatable bonds is 4. The smallest absolute Gasteiger partial charge is 0.126 e. The summed E-state index contributed by atoms with van der Waals surface area (Å²) in [5.74, 6) is -0.155. The van der Waals surface area contributed by atoms with E-state index in [4.69, 9.17) is 4.98 Å². The van der Waals surface area contributed by atoms with Crippen molar-refractivity contribution in [1.82, 2.24) is 10.3 Å². The Morgan fingerprint density at radius 1 is 1.33 bits per heavy atom. The van der Waals surface area contributed by atoms with Gasteiger partial charge in [-0.15, -0.1) is 11.3 Å². The first-order chi connectivity index (χ1) is 9.81. The third-order valence-corrected chi connectivity index (χ3v) is 4.50. The van der Waals surface area contributed by atoms with Gasteiger partial charge < -0.3 is 5.32 Å². The number of thiazole rings is 1. The van der Waals surface area contributed by atoms with Crippen LogP contribution in [0.3, 0.4) is 0 Å². The van der Waals surface area contributed by atoms with Crippen molar-refractivity contribution < 1.29 is 4.39 Å². The maximum atomic E-state index is 13.4. The van der Waals surface area contributed by atoms with E-state index in [2.05, 4.69) is 31.5 Å². The molecule has 1 atom stereocenters. The minimum atomic E-state index is -0.155. The van der Waals surface area contributed by atoms with Gasteiger partial charge in [-0.2, -0.15) is 0 Å². The standard InChI is InChI=1S/C17H23FN2S/c1-11-8-12(6-7-13(11)18)14(19-5)9-16-20-15(10-21-16)17(2,3)4/h6-8,10,14,19H,9H2,1-5H3. The fourth-order valence-electron chi connectivity index (χ4n) is 2.19. The number of halogens is 1. The van der Waals surface area contributed by atoms with Gasteiger partial charge in [0, 0.05) is 23.3 Å². The summed E-state index contributed by atoms with van der Waals surface area (Å²) in [6.45, 7) is 8.31. The van der Waals surface area contributed by atoms with E-state index < -0.39 is 0 Å². The summed E-state index contributed by atoms with van der Waals surface area (Å²) in [7, 11) is 1.93. The normalized spacial score (nSPS) is 13.4. The first kappa shape index (κ1) is 16.1. The molecule has 1 unspecified atom stereocenters. The van der Waals surface area contributed by atoms with Crippen LogP contribution in [0, 0.1) is 12.7 Å². The first-order valence-corrected chi connectivity index (χ1v) is 8.07. The highest BCUT2D eigenvalue weighted by atomic mass is 32.1. The van der Waals surface area contributed by atoms with E-state index in [-0.39, 0.29) is 17.3 Å². The van der Waals surface area contributed by atoms with Gasteiger partial charge in [-0.3, -0.25) is 0 Å². The molecule has 4 heteroatoms. The van der Waals surface area contributed by atoms with Crippen molar-refractivity contribution in [3.05, 3.63) is 51.2 Å². The lowest BCUT2D eigenvalue weighted by Gasteiger charge is -2.17. The number of hydrogen-bond donors (Lipinski definition) is 1. The molecule has 2 rings (SSSR count). The van der Waals surface area contributed by atoms with Crippen LogP contribution >= 0.6 is 11.3 Å². The minimum absolute atomic E-state index is 0.0797. The van der Waals surface area contributed by atoms with Gasteiger partial charge >= 0.3 is 0 Å². The number of likely N-dealkylation sites (N-methyl/N-ethyl adjacent to an activating group) is 1. The monoisotopic (exact) mass is 306 g/mol. The third kappa shape index (κ3) is 3.89. The van der Waals surface area contributed by atoms with E-state index in [9.17, 15) is 4.39 Å². The van der Waals surface area contributed by atoms with Gasteiger partial charge in [0.1, 0.15) is 5.82 Å². The summed E-state index contributed by atoms with van der Waals surface area (Å²) in [4.78, 5) is 4.74. The molecule has 0 bridgehead atoms. The van der Waals surface area contributed by atoms with Crippen molar-refractivity contribution in [1.29, 1.82) is 0 Å². The van der Waals surface area contributed by atoms with E-state index in [1.54, 1.807) is 18.3 Å². The summed E-state index contributed by atoms with van der Waals surface area (Å²) in [5.41, 5.74) is 3.00. The Hall–Kier alpha value is -1.26. The molecule has 0 saturated carbocycles. The second-order valence-corrected chi connectivity index (χ2v) is 7.37. The molecule has 0 aliphatic heterocycles. The highest BCUT2D eigenvalue weighted by molar-refractivity contribution is 7.09. The fourth-order valence-corrected chi connectivity index (χ4v) is 3.26. The Morgan fingerprint density at radius 3 is 2.57 bits per heavy atom. The van der Waals surface area contributed by atoms with Crippen molar-refractivity contribution >= 4 is 11.3 Å². The van der Waals surface area contributed by atoms with Gasteiger partial charge in [-0.1, -0.05) is 32.9 Å². The predicted molar refractivity (Wildman–Crippen MR) is 87.5 cm³/mol. The van der Waals surface area contributed by atoms with Crippen molar-refractivity contribution in [2.45, 2.75) is 45.6 Å². The summed E-state index contributed by atoms with van der Waals surface area (Å²) >= 11 is 1.70. The van der Waals surface area contributed by atoms with E-state index in [1.165, 1.54) is 6.07 Å². The van der Waals surface area contributed by atoms with Crippen LogP contribution in [-0.2, 0) is 11.8 Å². The molecule has 21 heavy (non-hydrogen) atoms. The van der Waals surface area contributed by atoms with Gasteiger partial charge in [0.25, 0.3) is 0 Å². The van der Waals surface area contributed by atoms with Crippen LogP contribution in [0.5, 0.6) is 0 Å². The SMILES string of the molecule is CNC(Cc1nc(C(C)(C)C)cs1)c1ccc(F)c(C)c1.